The molecule has 0 N–H and O–H groups in total. The standard InChI is InChI=1S/C33H32/c1-21-16-30-25(18-29(21)24-11-10-22-8-6-7-9-23(22)17-24)12-13-28-27-14-15-32(2,3)19-26(27)20-33(4,5)31(28)30/h6-18H,19-20H2,1-5H3. The van der Waals surface area contributed by atoms with Gasteiger partial charge in [-0.05, 0) is 97.7 Å². The molecule has 0 spiro atoms. The number of aryl methyl sites for hydroxylation is 1. The lowest BCUT2D eigenvalue weighted by Gasteiger charge is -2.40. The Hall–Kier alpha value is -3.12. The molecule has 4 aromatic carbocycles. The molecule has 2 aliphatic carbocycles. The average Bonchev–Trinajstić information content (AvgIpc) is 2.76. The average molecular weight is 429 g/mol. The Labute approximate surface area is 197 Å². The van der Waals surface area contributed by atoms with Crippen molar-refractivity contribution in [1.82, 2.24) is 0 Å². The van der Waals surface area contributed by atoms with Crippen LogP contribution < -0.4 is 0 Å². The van der Waals surface area contributed by atoms with Crippen LogP contribution in [-0.4, -0.2) is 0 Å². The second-order valence-electron chi connectivity index (χ2n) is 11.5. The van der Waals surface area contributed by atoms with Gasteiger partial charge in [0.2, 0.25) is 0 Å². The van der Waals surface area contributed by atoms with E-state index in [9.17, 15) is 0 Å². The molecule has 0 bridgehead atoms. The molecule has 164 valence electrons. The van der Waals surface area contributed by atoms with Gasteiger partial charge in [-0.25, -0.2) is 0 Å². The molecule has 0 aliphatic heterocycles. The highest BCUT2D eigenvalue weighted by Crippen LogP contribution is 2.51. The maximum atomic E-state index is 2.45. The Balaban J connectivity index is 1.55. The van der Waals surface area contributed by atoms with E-state index >= 15 is 0 Å². The monoisotopic (exact) mass is 428 g/mol. The molecule has 2 aliphatic rings. The van der Waals surface area contributed by atoms with Crippen LogP contribution in [0, 0.1) is 12.3 Å². The molecule has 6 rings (SSSR count). The van der Waals surface area contributed by atoms with Crippen LogP contribution in [-0.2, 0) is 5.41 Å². The van der Waals surface area contributed by atoms with Crippen molar-refractivity contribution in [3.05, 3.63) is 101 Å². The van der Waals surface area contributed by atoms with Gasteiger partial charge in [-0.2, -0.15) is 0 Å². The molecule has 0 radical (unpaired) electrons. The summed E-state index contributed by atoms with van der Waals surface area (Å²) in [5, 5.41) is 5.36. The van der Waals surface area contributed by atoms with E-state index in [1.54, 1.807) is 5.57 Å². The van der Waals surface area contributed by atoms with Crippen LogP contribution in [0.4, 0.5) is 0 Å². The predicted octanol–water partition coefficient (Wildman–Crippen LogP) is 9.39. The first-order chi connectivity index (χ1) is 15.7. The fourth-order valence-electron chi connectivity index (χ4n) is 6.29. The third kappa shape index (κ3) is 3.27. The Morgan fingerprint density at radius 1 is 0.697 bits per heavy atom. The van der Waals surface area contributed by atoms with Gasteiger partial charge in [0.05, 0.1) is 0 Å². The summed E-state index contributed by atoms with van der Waals surface area (Å²) in [7, 11) is 0. The normalized spacial score (nSPS) is 18.5. The van der Waals surface area contributed by atoms with E-state index < -0.39 is 0 Å². The van der Waals surface area contributed by atoms with Gasteiger partial charge in [-0.3, -0.25) is 0 Å². The van der Waals surface area contributed by atoms with E-state index in [0.717, 1.165) is 6.42 Å². The molecule has 0 heterocycles. The highest BCUT2D eigenvalue weighted by Gasteiger charge is 2.36. The zero-order valence-electron chi connectivity index (χ0n) is 20.4. The van der Waals surface area contributed by atoms with Gasteiger partial charge in [0.25, 0.3) is 0 Å². The number of hydrogen-bond donors (Lipinski definition) is 0. The van der Waals surface area contributed by atoms with E-state index in [1.165, 1.54) is 61.4 Å². The summed E-state index contributed by atoms with van der Waals surface area (Å²) < 4.78 is 0. The van der Waals surface area contributed by atoms with Gasteiger partial charge in [-0.15, -0.1) is 0 Å². The molecular weight excluding hydrogens is 396 g/mol. The Morgan fingerprint density at radius 3 is 2.27 bits per heavy atom. The van der Waals surface area contributed by atoms with Gasteiger partial charge in [0, 0.05) is 0 Å². The molecular formula is C33H32. The third-order valence-corrected chi connectivity index (χ3v) is 7.80. The van der Waals surface area contributed by atoms with Crippen molar-refractivity contribution in [2.24, 2.45) is 5.41 Å². The smallest absolute Gasteiger partial charge is 0.00538 e. The minimum atomic E-state index is 0.131. The van der Waals surface area contributed by atoms with Crippen molar-refractivity contribution >= 4 is 27.1 Å². The van der Waals surface area contributed by atoms with Crippen molar-refractivity contribution in [2.45, 2.75) is 52.9 Å². The van der Waals surface area contributed by atoms with Crippen LogP contribution in [0.1, 0.15) is 57.2 Å². The molecule has 0 fully saturated rings. The van der Waals surface area contributed by atoms with Crippen LogP contribution in [0.5, 0.6) is 0 Å². The molecule has 0 nitrogen and oxygen atoms in total. The summed E-state index contributed by atoms with van der Waals surface area (Å²) in [6.45, 7) is 11.9. The largest absolute Gasteiger partial charge is 0.0779 e. The fourth-order valence-corrected chi connectivity index (χ4v) is 6.29. The molecule has 4 aromatic rings. The molecule has 0 aromatic heterocycles. The van der Waals surface area contributed by atoms with E-state index in [0.29, 0.717) is 0 Å². The lowest BCUT2D eigenvalue weighted by Crippen LogP contribution is -2.27. The van der Waals surface area contributed by atoms with Crippen LogP contribution in [0.2, 0.25) is 0 Å². The van der Waals surface area contributed by atoms with Crippen molar-refractivity contribution in [2.75, 3.05) is 0 Å². The molecule has 0 unspecified atom stereocenters. The third-order valence-electron chi connectivity index (χ3n) is 7.80. The topological polar surface area (TPSA) is 0 Å². The first-order valence-corrected chi connectivity index (χ1v) is 12.2. The zero-order valence-corrected chi connectivity index (χ0v) is 20.4. The number of fused-ring (bicyclic) bond motifs is 5. The predicted molar refractivity (Wildman–Crippen MR) is 144 cm³/mol. The fraction of sp³-hybridized carbons (Fsp3) is 0.273. The Bertz CT molecular complexity index is 1500. The van der Waals surface area contributed by atoms with Gasteiger partial charge in [-0.1, -0.05) is 100 Å². The van der Waals surface area contributed by atoms with Crippen LogP contribution >= 0.6 is 0 Å². The summed E-state index contributed by atoms with van der Waals surface area (Å²) in [6, 6.07) is 25.1. The van der Waals surface area contributed by atoms with Gasteiger partial charge < -0.3 is 0 Å². The maximum absolute atomic E-state index is 2.45. The molecule has 0 amide bonds. The van der Waals surface area contributed by atoms with E-state index in [4.69, 9.17) is 0 Å². The number of rotatable bonds is 1. The number of hydrogen-bond acceptors (Lipinski definition) is 0. The Morgan fingerprint density at radius 2 is 1.45 bits per heavy atom. The second-order valence-corrected chi connectivity index (χ2v) is 11.5. The lowest BCUT2D eigenvalue weighted by molar-refractivity contribution is 0.429. The maximum Gasteiger partial charge on any atom is -0.00538 e. The van der Waals surface area contributed by atoms with Crippen LogP contribution in [0.3, 0.4) is 0 Å². The molecule has 33 heavy (non-hydrogen) atoms. The lowest BCUT2D eigenvalue weighted by atomic mass is 9.64. The molecule has 0 atom stereocenters. The SMILES string of the molecule is Cc1cc2c3c(ccc2cc1-c1ccc2ccccc2c1)C1=C(CC(C)(C)C=C1)CC3(C)C. The van der Waals surface area contributed by atoms with E-state index in [1.807, 2.05) is 0 Å². The van der Waals surface area contributed by atoms with Crippen molar-refractivity contribution in [3.8, 4) is 11.1 Å². The zero-order chi connectivity index (χ0) is 23.0. The second kappa shape index (κ2) is 6.94. The summed E-state index contributed by atoms with van der Waals surface area (Å²) in [4.78, 5) is 0. The number of allylic oxidation sites excluding steroid dienone is 4. The summed E-state index contributed by atoms with van der Waals surface area (Å²) in [5.41, 5.74) is 10.4. The van der Waals surface area contributed by atoms with Gasteiger partial charge in [0.1, 0.15) is 0 Å². The van der Waals surface area contributed by atoms with E-state index in [2.05, 4.69) is 114 Å². The molecule has 0 saturated carbocycles. The molecule has 0 heteroatoms. The summed E-state index contributed by atoms with van der Waals surface area (Å²) >= 11 is 0. The minimum absolute atomic E-state index is 0.131. The van der Waals surface area contributed by atoms with Crippen molar-refractivity contribution < 1.29 is 0 Å². The summed E-state index contributed by atoms with van der Waals surface area (Å²) in [5.74, 6) is 0. The first-order valence-electron chi connectivity index (χ1n) is 12.2. The quantitative estimate of drug-likeness (QED) is 0.283. The van der Waals surface area contributed by atoms with Crippen LogP contribution in [0.15, 0.2) is 84.5 Å². The van der Waals surface area contributed by atoms with Crippen molar-refractivity contribution in [1.29, 1.82) is 0 Å². The highest BCUT2D eigenvalue weighted by molar-refractivity contribution is 5.98. The minimum Gasteiger partial charge on any atom is -0.0779 e. The Kier molecular flexibility index (Phi) is 4.31. The van der Waals surface area contributed by atoms with Gasteiger partial charge in [0.15, 0.2) is 0 Å². The van der Waals surface area contributed by atoms with Crippen molar-refractivity contribution in [3.63, 3.8) is 0 Å². The molecule has 0 saturated heterocycles. The van der Waals surface area contributed by atoms with Crippen LogP contribution in [0.25, 0.3) is 38.2 Å². The van der Waals surface area contributed by atoms with Gasteiger partial charge >= 0.3 is 0 Å². The highest BCUT2D eigenvalue weighted by atomic mass is 14.4. The van der Waals surface area contributed by atoms with E-state index in [-0.39, 0.29) is 10.8 Å². The number of benzene rings is 4. The summed E-state index contributed by atoms with van der Waals surface area (Å²) in [6.07, 6.45) is 7.12. The first kappa shape index (κ1) is 20.5.